The van der Waals surface area contributed by atoms with E-state index in [4.69, 9.17) is 0 Å². The van der Waals surface area contributed by atoms with Gasteiger partial charge in [-0.2, -0.15) is 0 Å². The molecule has 0 heterocycles. The second-order valence-corrected chi connectivity index (χ2v) is 7.71. The summed E-state index contributed by atoms with van der Waals surface area (Å²) in [6.07, 6.45) is 13.0. The van der Waals surface area contributed by atoms with Crippen molar-refractivity contribution in [3.05, 3.63) is 81.3 Å². The Bertz CT molecular complexity index is 1160. The average molecular weight is 368 g/mol. The van der Waals surface area contributed by atoms with Crippen molar-refractivity contribution < 1.29 is 9.59 Å². The van der Waals surface area contributed by atoms with Gasteiger partial charge in [0.05, 0.1) is 10.4 Å². The molecule has 0 bridgehead atoms. The fourth-order valence-electron chi connectivity index (χ4n) is 4.99. The highest BCUT2D eigenvalue weighted by molar-refractivity contribution is 5.84. The Kier molecular flexibility index (Phi) is 4.77. The van der Waals surface area contributed by atoms with Crippen molar-refractivity contribution in [3.8, 4) is 11.1 Å². The van der Waals surface area contributed by atoms with Crippen molar-refractivity contribution in [2.24, 2.45) is 0 Å². The number of hydrogen-bond donors (Lipinski definition) is 0. The smallest absolute Gasteiger partial charge is 0.134 e. The number of fused-ring (bicyclic) bond motifs is 3. The van der Waals surface area contributed by atoms with Crippen LogP contribution in [0.2, 0.25) is 0 Å². The first kappa shape index (κ1) is 18.4. The van der Waals surface area contributed by atoms with Gasteiger partial charge in [-0.25, -0.2) is 9.59 Å². The molecule has 2 nitrogen and oxygen atoms in total. The second-order valence-electron chi connectivity index (χ2n) is 7.71. The highest BCUT2D eigenvalue weighted by atomic mass is 16.1. The van der Waals surface area contributed by atoms with E-state index in [9.17, 15) is 9.59 Å². The molecule has 28 heavy (non-hydrogen) atoms. The van der Waals surface area contributed by atoms with Crippen molar-refractivity contribution in [1.82, 2.24) is 0 Å². The molecule has 0 aromatic heterocycles. The number of rotatable bonds is 5. The highest BCUT2D eigenvalue weighted by Gasteiger charge is 2.36. The van der Waals surface area contributed by atoms with E-state index in [0.29, 0.717) is 16.9 Å². The first-order chi connectivity index (χ1) is 13.7. The predicted octanol–water partition coefficient (Wildman–Crippen LogP) is 3.38. The van der Waals surface area contributed by atoms with Gasteiger partial charge in [-0.15, -0.1) is 0 Å². The van der Waals surface area contributed by atoms with Crippen LogP contribution in [0.3, 0.4) is 0 Å². The molecular formula is C26H24O2. The van der Waals surface area contributed by atoms with E-state index in [1.165, 1.54) is 16.7 Å². The summed E-state index contributed by atoms with van der Waals surface area (Å²) < 4.78 is 0. The van der Waals surface area contributed by atoms with Crippen molar-refractivity contribution in [2.45, 2.75) is 51.4 Å². The van der Waals surface area contributed by atoms with Gasteiger partial charge in [0.25, 0.3) is 0 Å². The van der Waals surface area contributed by atoms with Crippen LogP contribution in [0.25, 0.3) is 11.1 Å². The van der Waals surface area contributed by atoms with E-state index < -0.39 is 0 Å². The van der Waals surface area contributed by atoms with E-state index in [1.54, 1.807) is 0 Å². The molecule has 2 heteroatoms. The van der Waals surface area contributed by atoms with Crippen molar-refractivity contribution in [3.63, 3.8) is 0 Å². The summed E-state index contributed by atoms with van der Waals surface area (Å²) in [6.45, 7) is 4.21. The summed E-state index contributed by atoms with van der Waals surface area (Å²) in [7, 11) is 0. The Morgan fingerprint density at radius 3 is 2.36 bits per heavy atom. The molecule has 4 rings (SSSR count). The minimum Gasteiger partial charge on any atom is -0.233 e. The van der Waals surface area contributed by atoms with Gasteiger partial charge in [0.15, 0.2) is 0 Å². The molecule has 2 aliphatic carbocycles. The number of unbranched alkanes of at least 4 members (excludes halogenated alkanes) is 1. The molecular weight excluding hydrogens is 344 g/mol. The van der Waals surface area contributed by atoms with E-state index >= 15 is 0 Å². The fraction of sp³-hybridized carbons (Fsp3) is 0.308. The standard InChI is InChI=1S/C26H24O2/c1-3-5-12-26(13-8-9-14-26)25-21-15-18-10-6-7-11-20(18)24(21)19(4-2)22(16-27)23(25)17-28/h6-11,13-14H,3-5,12,15H2,1-2H3. The van der Waals surface area contributed by atoms with Crippen LogP contribution in [-0.2, 0) is 27.8 Å². The summed E-state index contributed by atoms with van der Waals surface area (Å²) in [4.78, 5) is 24.2. The molecule has 0 amide bonds. The van der Waals surface area contributed by atoms with Crippen LogP contribution in [0.15, 0.2) is 48.6 Å². The first-order valence-electron chi connectivity index (χ1n) is 10.1. The maximum atomic E-state index is 12.2. The minimum atomic E-state index is -0.354. The van der Waals surface area contributed by atoms with Gasteiger partial charge in [0.1, 0.15) is 11.9 Å². The molecule has 0 atom stereocenters. The number of hydrogen-bond acceptors (Lipinski definition) is 2. The van der Waals surface area contributed by atoms with Crippen LogP contribution in [0, 0.1) is 0 Å². The van der Waals surface area contributed by atoms with E-state index in [1.807, 2.05) is 13.0 Å². The van der Waals surface area contributed by atoms with Gasteiger partial charge >= 0.3 is 0 Å². The van der Waals surface area contributed by atoms with E-state index in [2.05, 4.69) is 61.3 Å². The molecule has 0 N–H and O–H groups in total. The zero-order valence-electron chi connectivity index (χ0n) is 16.5. The molecule has 2 aromatic rings. The molecule has 0 radical (unpaired) electrons. The Balaban J connectivity index is 2.18. The quantitative estimate of drug-likeness (QED) is 0.692. The predicted molar refractivity (Wildman–Crippen MR) is 112 cm³/mol. The van der Waals surface area contributed by atoms with E-state index in [-0.39, 0.29) is 5.41 Å². The molecule has 2 aliphatic rings. The molecule has 0 saturated carbocycles. The molecule has 140 valence electrons. The van der Waals surface area contributed by atoms with Crippen molar-refractivity contribution in [1.29, 1.82) is 0 Å². The van der Waals surface area contributed by atoms with Gasteiger partial charge in [-0.05, 0) is 52.6 Å². The van der Waals surface area contributed by atoms with Crippen LogP contribution in [0.4, 0.5) is 0 Å². The third kappa shape index (κ3) is 2.58. The lowest BCUT2D eigenvalue weighted by Crippen LogP contribution is -2.42. The summed E-state index contributed by atoms with van der Waals surface area (Å²) in [6, 6.07) is 8.37. The summed E-state index contributed by atoms with van der Waals surface area (Å²) >= 11 is 0. The third-order valence-corrected chi connectivity index (χ3v) is 6.23. The van der Waals surface area contributed by atoms with Gasteiger partial charge in [-0.3, -0.25) is 0 Å². The van der Waals surface area contributed by atoms with E-state index in [0.717, 1.165) is 42.4 Å². The maximum Gasteiger partial charge on any atom is 0.134 e. The second kappa shape index (κ2) is 7.24. The van der Waals surface area contributed by atoms with Crippen LogP contribution < -0.4 is 10.4 Å². The molecule has 0 unspecified atom stereocenters. The van der Waals surface area contributed by atoms with Crippen LogP contribution in [0.1, 0.15) is 55.4 Å². The van der Waals surface area contributed by atoms with Crippen molar-refractivity contribution in [2.75, 3.05) is 0 Å². The Morgan fingerprint density at radius 1 is 1.00 bits per heavy atom. The summed E-state index contributed by atoms with van der Waals surface area (Å²) in [5, 5.41) is 0.804. The third-order valence-electron chi connectivity index (χ3n) is 6.23. The lowest BCUT2D eigenvalue weighted by Gasteiger charge is -2.29. The first-order valence-corrected chi connectivity index (χ1v) is 10.1. The van der Waals surface area contributed by atoms with Gasteiger partial charge in [0.2, 0.25) is 0 Å². The molecule has 0 saturated heterocycles. The van der Waals surface area contributed by atoms with Crippen LogP contribution in [0.5, 0.6) is 0 Å². The summed E-state index contributed by atoms with van der Waals surface area (Å²) in [5.74, 6) is 4.25. The molecule has 0 fully saturated rings. The topological polar surface area (TPSA) is 34.1 Å². The van der Waals surface area contributed by atoms with Crippen molar-refractivity contribution >= 4 is 11.9 Å². The Labute approximate surface area is 165 Å². The minimum absolute atomic E-state index is 0.354. The lowest BCUT2D eigenvalue weighted by molar-refractivity contribution is 0.551. The fourth-order valence-corrected chi connectivity index (χ4v) is 4.99. The van der Waals surface area contributed by atoms with Gasteiger partial charge in [-0.1, -0.05) is 75.3 Å². The summed E-state index contributed by atoms with van der Waals surface area (Å²) in [5.41, 5.74) is 6.28. The normalized spacial score (nSPS) is 15.2. The van der Waals surface area contributed by atoms with Crippen LogP contribution in [-0.4, -0.2) is 11.9 Å². The molecule has 0 spiro atoms. The number of allylic oxidation sites excluding steroid dienone is 4. The number of benzene rings is 2. The van der Waals surface area contributed by atoms with Gasteiger partial charge in [0, 0.05) is 5.41 Å². The Hall–Kier alpha value is -2.92. The Morgan fingerprint density at radius 2 is 1.71 bits per heavy atom. The SMILES string of the molecule is CCCCC1(c2c3c(c(CC)c(=C=O)c2=C=O)-c2ccccc2C3)C=CC=C1. The largest absolute Gasteiger partial charge is 0.233 e. The average Bonchev–Trinajstić information content (AvgIpc) is 3.35. The number of carbonyl (C=O) groups excluding carboxylic acids is 2. The molecule has 2 aromatic carbocycles. The molecule has 0 aliphatic heterocycles. The maximum absolute atomic E-state index is 12.2. The van der Waals surface area contributed by atoms with Gasteiger partial charge < -0.3 is 0 Å². The van der Waals surface area contributed by atoms with Crippen LogP contribution >= 0.6 is 0 Å². The zero-order chi connectivity index (χ0) is 19.7. The highest BCUT2D eigenvalue weighted by Crippen LogP contribution is 2.44. The zero-order valence-corrected chi connectivity index (χ0v) is 16.5. The lowest BCUT2D eigenvalue weighted by atomic mass is 9.72. The monoisotopic (exact) mass is 368 g/mol.